The Morgan fingerprint density at radius 1 is 1.07 bits per heavy atom. The summed E-state index contributed by atoms with van der Waals surface area (Å²) >= 11 is 4.41. The molecule has 2 nitrogen and oxygen atoms in total. The lowest BCUT2D eigenvalue weighted by Crippen LogP contribution is -2.27. The quantitative estimate of drug-likeness (QED) is 0.519. The number of hydrogen-bond acceptors (Lipinski definition) is 2. The minimum atomic E-state index is -0.296. The van der Waals surface area contributed by atoms with E-state index >= 15 is 0 Å². The van der Waals surface area contributed by atoms with Crippen LogP contribution in [0, 0.1) is 0 Å². The molecular formula is C11H17NOS. The van der Waals surface area contributed by atoms with E-state index in [0.717, 1.165) is 4.48 Å². The molecule has 0 spiro atoms. The standard InChI is InChI=1S/C7H6OS.C4H12N/c8-7(9)6-4-2-1-3-5-6;1-5(2,3)4/h1-5H,(H,8,9);1-4H3/q;+1/p-1. The SMILES string of the molecule is C[N+](C)(C)C.O=C([S-])c1ccccc1. The fourth-order valence-electron chi connectivity index (χ4n) is 0.574. The predicted molar refractivity (Wildman–Crippen MR) is 62.1 cm³/mol. The molecule has 0 unspecified atom stereocenters. The third-order valence-electron chi connectivity index (χ3n) is 1.01. The molecule has 0 aliphatic carbocycles. The lowest BCUT2D eigenvalue weighted by molar-refractivity contribution is -0.849. The predicted octanol–water partition coefficient (Wildman–Crippen LogP) is 1.70. The number of carbonyl (C=O) groups is 1. The van der Waals surface area contributed by atoms with E-state index in [-0.39, 0.29) is 5.12 Å². The highest BCUT2D eigenvalue weighted by Crippen LogP contribution is 1.96. The van der Waals surface area contributed by atoms with Crippen molar-refractivity contribution in [1.29, 1.82) is 0 Å². The molecule has 0 amide bonds. The highest BCUT2D eigenvalue weighted by molar-refractivity contribution is 7.77. The second-order valence-corrected chi connectivity index (χ2v) is 4.71. The fraction of sp³-hybridized carbons (Fsp3) is 0.364. The molecule has 0 saturated carbocycles. The van der Waals surface area contributed by atoms with Gasteiger partial charge in [-0.05, 0) is 5.56 Å². The number of quaternary nitrogens is 1. The number of hydrogen-bond donors (Lipinski definition) is 0. The van der Waals surface area contributed by atoms with Gasteiger partial charge < -0.3 is 21.9 Å². The summed E-state index contributed by atoms with van der Waals surface area (Å²) in [6.07, 6.45) is 0. The number of nitrogens with zero attached hydrogens (tertiary/aromatic N) is 1. The van der Waals surface area contributed by atoms with E-state index in [1.54, 1.807) is 24.3 Å². The highest BCUT2D eigenvalue weighted by atomic mass is 32.1. The van der Waals surface area contributed by atoms with Gasteiger partial charge in [0.05, 0.1) is 28.2 Å². The molecule has 0 fully saturated rings. The Morgan fingerprint density at radius 3 is 1.64 bits per heavy atom. The molecule has 1 rings (SSSR count). The van der Waals surface area contributed by atoms with Gasteiger partial charge in [0.15, 0.2) is 0 Å². The third kappa shape index (κ3) is 9.16. The molecule has 14 heavy (non-hydrogen) atoms. The zero-order valence-corrected chi connectivity index (χ0v) is 9.97. The van der Waals surface area contributed by atoms with Crippen molar-refractivity contribution in [1.82, 2.24) is 0 Å². The number of rotatable bonds is 1. The summed E-state index contributed by atoms with van der Waals surface area (Å²) < 4.78 is 1.00. The maximum Gasteiger partial charge on any atom is 0.0675 e. The summed E-state index contributed by atoms with van der Waals surface area (Å²) in [5.74, 6) is 0. The second kappa shape index (κ2) is 5.73. The maximum atomic E-state index is 10.5. The van der Waals surface area contributed by atoms with E-state index in [4.69, 9.17) is 0 Å². The van der Waals surface area contributed by atoms with Crippen molar-refractivity contribution >= 4 is 17.7 Å². The minimum Gasteiger partial charge on any atom is -0.737 e. The molecule has 1 aromatic carbocycles. The second-order valence-electron chi connectivity index (χ2n) is 4.34. The van der Waals surface area contributed by atoms with Gasteiger partial charge in [-0.25, -0.2) is 0 Å². The molecule has 0 bridgehead atoms. The Morgan fingerprint density at radius 2 is 1.43 bits per heavy atom. The van der Waals surface area contributed by atoms with Gasteiger partial charge in [0, 0.05) is 5.12 Å². The Labute approximate surface area is 91.5 Å². The van der Waals surface area contributed by atoms with E-state index in [1.165, 1.54) is 0 Å². The summed E-state index contributed by atoms with van der Waals surface area (Å²) in [7, 11) is 8.50. The molecule has 0 aliphatic heterocycles. The summed E-state index contributed by atoms with van der Waals surface area (Å²) in [6.45, 7) is 0. The zero-order chi connectivity index (χ0) is 11.2. The molecule has 0 aromatic heterocycles. The Kier molecular flexibility index (Phi) is 5.35. The zero-order valence-electron chi connectivity index (χ0n) is 9.15. The first-order chi connectivity index (χ1) is 6.30. The molecule has 78 valence electrons. The van der Waals surface area contributed by atoms with Crippen LogP contribution in [0.2, 0.25) is 0 Å². The van der Waals surface area contributed by atoms with Gasteiger partial charge in [-0.2, -0.15) is 0 Å². The largest absolute Gasteiger partial charge is 0.737 e. The summed E-state index contributed by atoms with van der Waals surface area (Å²) in [5, 5.41) is -0.296. The molecule has 3 heteroatoms. The van der Waals surface area contributed by atoms with E-state index in [9.17, 15) is 4.79 Å². The van der Waals surface area contributed by atoms with Crippen molar-refractivity contribution in [2.75, 3.05) is 28.2 Å². The first-order valence-corrected chi connectivity index (χ1v) is 4.77. The summed E-state index contributed by atoms with van der Waals surface area (Å²) in [4.78, 5) is 10.5. The van der Waals surface area contributed by atoms with Gasteiger partial charge in [-0.15, -0.1) is 0 Å². The normalized spacial score (nSPS) is 10.0. The van der Waals surface area contributed by atoms with Gasteiger partial charge in [0.2, 0.25) is 0 Å². The van der Waals surface area contributed by atoms with Crippen LogP contribution in [0.25, 0.3) is 0 Å². The lowest BCUT2D eigenvalue weighted by Gasteiger charge is -2.14. The maximum absolute atomic E-state index is 10.5. The van der Waals surface area contributed by atoms with Crippen LogP contribution in [0.1, 0.15) is 10.4 Å². The van der Waals surface area contributed by atoms with Crippen molar-refractivity contribution < 1.29 is 9.28 Å². The van der Waals surface area contributed by atoms with Gasteiger partial charge in [0.1, 0.15) is 0 Å². The first kappa shape index (κ1) is 13.1. The van der Waals surface area contributed by atoms with Gasteiger partial charge in [-0.3, -0.25) is 0 Å². The molecule has 0 atom stereocenters. The lowest BCUT2D eigenvalue weighted by atomic mass is 10.2. The molecule has 0 N–H and O–H groups in total. The van der Waals surface area contributed by atoms with Gasteiger partial charge >= 0.3 is 0 Å². The van der Waals surface area contributed by atoms with Crippen LogP contribution in [0.4, 0.5) is 0 Å². The molecule has 1 aromatic rings. The third-order valence-corrected chi connectivity index (χ3v) is 1.25. The fourth-order valence-corrected chi connectivity index (χ4v) is 0.710. The van der Waals surface area contributed by atoms with E-state index in [0.29, 0.717) is 5.56 Å². The average Bonchev–Trinajstić information content (AvgIpc) is 2.03. The first-order valence-electron chi connectivity index (χ1n) is 4.36. The monoisotopic (exact) mass is 211 g/mol. The smallest absolute Gasteiger partial charge is 0.0675 e. The van der Waals surface area contributed by atoms with Crippen LogP contribution in [-0.2, 0) is 12.6 Å². The molecule has 0 heterocycles. The van der Waals surface area contributed by atoms with Crippen LogP contribution in [0.15, 0.2) is 30.3 Å². The van der Waals surface area contributed by atoms with Crippen molar-refractivity contribution in [3.63, 3.8) is 0 Å². The number of carbonyl (C=O) groups excluding carboxylic acids is 1. The Balaban J connectivity index is 0.000000292. The van der Waals surface area contributed by atoms with Gasteiger partial charge in [0.25, 0.3) is 0 Å². The minimum absolute atomic E-state index is 0.296. The van der Waals surface area contributed by atoms with Crippen molar-refractivity contribution in [3.8, 4) is 0 Å². The van der Waals surface area contributed by atoms with Crippen LogP contribution in [0.3, 0.4) is 0 Å². The Hall–Kier alpha value is -0.930. The topological polar surface area (TPSA) is 17.1 Å². The van der Waals surface area contributed by atoms with Crippen LogP contribution < -0.4 is 0 Å². The van der Waals surface area contributed by atoms with Crippen molar-refractivity contribution in [2.45, 2.75) is 0 Å². The van der Waals surface area contributed by atoms with Crippen molar-refractivity contribution in [3.05, 3.63) is 35.9 Å². The van der Waals surface area contributed by atoms with Crippen LogP contribution in [-0.4, -0.2) is 37.8 Å². The Bertz CT molecular complexity index is 271. The molecule has 0 aliphatic rings. The van der Waals surface area contributed by atoms with E-state index < -0.39 is 0 Å². The highest BCUT2D eigenvalue weighted by Gasteiger charge is 1.88. The molecule has 0 saturated heterocycles. The van der Waals surface area contributed by atoms with Crippen LogP contribution >= 0.6 is 0 Å². The van der Waals surface area contributed by atoms with Gasteiger partial charge in [-0.1, -0.05) is 30.3 Å². The molecular weight excluding hydrogens is 194 g/mol. The van der Waals surface area contributed by atoms with Crippen molar-refractivity contribution in [2.24, 2.45) is 0 Å². The van der Waals surface area contributed by atoms with E-state index in [2.05, 4.69) is 40.8 Å². The van der Waals surface area contributed by atoms with E-state index in [1.807, 2.05) is 6.07 Å². The van der Waals surface area contributed by atoms with Crippen LogP contribution in [0.5, 0.6) is 0 Å². The summed E-state index contributed by atoms with van der Waals surface area (Å²) in [6, 6.07) is 8.84. The molecule has 0 radical (unpaired) electrons. The average molecular weight is 211 g/mol. The summed E-state index contributed by atoms with van der Waals surface area (Å²) in [5.41, 5.74) is 0.590. The number of benzene rings is 1.